The summed E-state index contributed by atoms with van der Waals surface area (Å²) >= 11 is 0. The van der Waals surface area contributed by atoms with Gasteiger partial charge in [-0.1, -0.05) is 36.8 Å². The average molecular weight is 421 g/mol. The Morgan fingerprint density at radius 1 is 1.16 bits per heavy atom. The molecule has 0 spiro atoms. The molecule has 2 aromatic rings. The molecule has 1 aromatic carbocycles. The van der Waals surface area contributed by atoms with E-state index in [0.717, 1.165) is 48.9 Å². The smallest absolute Gasteiger partial charge is 0.251 e. The van der Waals surface area contributed by atoms with Gasteiger partial charge in [-0.2, -0.15) is 5.10 Å². The Balaban J connectivity index is 1.50. The van der Waals surface area contributed by atoms with Gasteiger partial charge in [0.25, 0.3) is 5.91 Å². The lowest BCUT2D eigenvalue weighted by molar-refractivity contribution is -0.133. The van der Waals surface area contributed by atoms with Crippen LogP contribution in [-0.4, -0.2) is 44.0 Å². The zero-order valence-corrected chi connectivity index (χ0v) is 18.6. The van der Waals surface area contributed by atoms with E-state index in [0.29, 0.717) is 19.6 Å². The number of hydrogen-bond acceptors (Lipinski definition) is 3. The van der Waals surface area contributed by atoms with E-state index >= 15 is 0 Å². The summed E-state index contributed by atoms with van der Waals surface area (Å²) in [6.07, 6.45) is 8.17. The first kappa shape index (κ1) is 21.3. The number of rotatable bonds is 8. The van der Waals surface area contributed by atoms with E-state index < -0.39 is 0 Å². The van der Waals surface area contributed by atoms with Gasteiger partial charge >= 0.3 is 0 Å². The predicted octanol–water partition coefficient (Wildman–Crippen LogP) is 3.92. The second-order valence-corrected chi connectivity index (χ2v) is 8.47. The van der Waals surface area contributed by atoms with Gasteiger partial charge in [0.2, 0.25) is 5.91 Å². The summed E-state index contributed by atoms with van der Waals surface area (Å²) in [5, 5.41) is 4.31. The number of nitrogens with zero attached hydrogens (tertiary/aromatic N) is 4. The summed E-state index contributed by atoms with van der Waals surface area (Å²) in [5.41, 5.74) is 4.11. The van der Waals surface area contributed by atoms with Gasteiger partial charge in [0.15, 0.2) is 0 Å². The molecule has 1 atom stereocenters. The minimum atomic E-state index is 0.0217. The van der Waals surface area contributed by atoms with Gasteiger partial charge < -0.3 is 9.80 Å². The maximum Gasteiger partial charge on any atom is 0.251 e. The van der Waals surface area contributed by atoms with Crippen LogP contribution in [0, 0.1) is 0 Å². The molecule has 4 rings (SSSR count). The van der Waals surface area contributed by atoms with E-state index in [-0.39, 0.29) is 24.3 Å². The molecule has 2 amide bonds. The van der Waals surface area contributed by atoms with Crippen molar-refractivity contribution in [2.24, 2.45) is 0 Å². The monoisotopic (exact) mass is 420 g/mol. The number of carbonyl (C=O) groups is 2. The van der Waals surface area contributed by atoms with E-state index in [2.05, 4.69) is 17.2 Å². The molecule has 31 heavy (non-hydrogen) atoms. The number of aromatic nitrogens is 2. The summed E-state index contributed by atoms with van der Waals surface area (Å²) in [5.74, 6) is 0.0717. The standard InChI is InChI=1S/C25H32N4O2/c1-3-27(16-20-15-26-28(4-2)17-20)24(30)14-22-21-12-8-9-13-23(21)29(25(22)31)18-19-10-6-5-7-11-19/h5-7,10-11,15,17,23H,3-4,8-9,12-14,16,18H2,1-2H3. The van der Waals surface area contributed by atoms with Crippen LogP contribution < -0.4 is 0 Å². The zero-order valence-electron chi connectivity index (χ0n) is 18.6. The van der Waals surface area contributed by atoms with E-state index in [1.165, 1.54) is 5.57 Å². The molecular weight excluding hydrogens is 388 g/mol. The molecule has 0 N–H and O–H groups in total. The molecule has 1 aliphatic heterocycles. The molecule has 1 aromatic heterocycles. The van der Waals surface area contributed by atoms with Crippen LogP contribution in [0.15, 0.2) is 53.9 Å². The highest BCUT2D eigenvalue weighted by molar-refractivity contribution is 6.02. The van der Waals surface area contributed by atoms with E-state index in [4.69, 9.17) is 0 Å². The van der Waals surface area contributed by atoms with Crippen molar-refractivity contribution in [1.82, 2.24) is 19.6 Å². The van der Waals surface area contributed by atoms with E-state index in [9.17, 15) is 9.59 Å². The molecule has 1 saturated carbocycles. The molecular formula is C25H32N4O2. The Hall–Kier alpha value is -2.89. The van der Waals surface area contributed by atoms with Gasteiger partial charge in [-0.05, 0) is 44.2 Å². The van der Waals surface area contributed by atoms with Crippen molar-refractivity contribution in [3.05, 3.63) is 65.0 Å². The number of hydrogen-bond donors (Lipinski definition) is 0. The highest BCUT2D eigenvalue weighted by Gasteiger charge is 2.40. The molecule has 2 heterocycles. The molecule has 1 unspecified atom stereocenters. The zero-order chi connectivity index (χ0) is 21.8. The van der Waals surface area contributed by atoms with Crippen LogP contribution in [0.25, 0.3) is 0 Å². The molecule has 6 nitrogen and oxygen atoms in total. The van der Waals surface area contributed by atoms with Crippen LogP contribution in [0.2, 0.25) is 0 Å². The average Bonchev–Trinajstić information content (AvgIpc) is 3.36. The summed E-state index contributed by atoms with van der Waals surface area (Å²) < 4.78 is 1.87. The Morgan fingerprint density at radius 3 is 2.68 bits per heavy atom. The van der Waals surface area contributed by atoms with Gasteiger partial charge in [0.1, 0.15) is 0 Å². The molecule has 1 fully saturated rings. The van der Waals surface area contributed by atoms with Crippen LogP contribution in [-0.2, 0) is 29.2 Å². The van der Waals surface area contributed by atoms with Gasteiger partial charge in [-0.15, -0.1) is 0 Å². The topological polar surface area (TPSA) is 58.4 Å². The highest BCUT2D eigenvalue weighted by Crippen LogP contribution is 2.39. The largest absolute Gasteiger partial charge is 0.338 e. The number of carbonyl (C=O) groups excluding carboxylic acids is 2. The fourth-order valence-electron chi connectivity index (χ4n) is 4.81. The molecule has 164 valence electrons. The van der Waals surface area contributed by atoms with Crippen molar-refractivity contribution < 1.29 is 9.59 Å². The third kappa shape index (κ3) is 4.58. The highest BCUT2D eigenvalue weighted by atomic mass is 16.2. The molecule has 0 saturated heterocycles. The fourth-order valence-corrected chi connectivity index (χ4v) is 4.81. The molecule has 0 radical (unpaired) electrons. The molecule has 1 aliphatic carbocycles. The van der Waals surface area contributed by atoms with Crippen molar-refractivity contribution in [2.45, 2.75) is 71.6 Å². The molecule has 6 heteroatoms. The summed E-state index contributed by atoms with van der Waals surface area (Å²) in [6.45, 7) is 6.60. The first-order valence-electron chi connectivity index (χ1n) is 11.5. The Morgan fingerprint density at radius 2 is 1.97 bits per heavy atom. The van der Waals surface area contributed by atoms with Gasteiger partial charge in [-0.25, -0.2) is 0 Å². The summed E-state index contributed by atoms with van der Waals surface area (Å²) in [6, 6.07) is 10.3. The fraction of sp³-hybridized carbons (Fsp3) is 0.480. The van der Waals surface area contributed by atoms with Crippen LogP contribution in [0.1, 0.15) is 57.1 Å². The third-order valence-electron chi connectivity index (χ3n) is 6.50. The Bertz CT molecular complexity index is 963. The Kier molecular flexibility index (Phi) is 6.54. The van der Waals surface area contributed by atoms with Gasteiger partial charge in [0, 0.05) is 43.5 Å². The molecule has 0 bridgehead atoms. The van der Waals surface area contributed by atoms with Crippen molar-refractivity contribution in [2.75, 3.05) is 6.54 Å². The summed E-state index contributed by atoms with van der Waals surface area (Å²) in [4.78, 5) is 30.4. The number of amides is 2. The number of benzene rings is 1. The van der Waals surface area contributed by atoms with Crippen LogP contribution in [0.3, 0.4) is 0 Å². The van der Waals surface area contributed by atoms with Gasteiger partial charge in [0.05, 0.1) is 18.7 Å². The lowest BCUT2D eigenvalue weighted by Crippen LogP contribution is -2.36. The van der Waals surface area contributed by atoms with Crippen molar-refractivity contribution in [3.8, 4) is 0 Å². The predicted molar refractivity (Wildman–Crippen MR) is 120 cm³/mol. The maximum atomic E-state index is 13.4. The SMILES string of the molecule is CCN(Cc1cnn(CC)c1)C(=O)CC1=C2CCCCC2N(Cc2ccccc2)C1=O. The van der Waals surface area contributed by atoms with Crippen LogP contribution >= 0.6 is 0 Å². The summed E-state index contributed by atoms with van der Waals surface area (Å²) in [7, 11) is 0. The third-order valence-corrected chi connectivity index (χ3v) is 6.50. The van der Waals surface area contributed by atoms with Crippen LogP contribution in [0.5, 0.6) is 0 Å². The van der Waals surface area contributed by atoms with E-state index in [1.807, 2.05) is 58.9 Å². The number of fused-ring (bicyclic) bond motifs is 1. The lowest BCUT2D eigenvalue weighted by atomic mass is 9.88. The Labute approximate surface area is 184 Å². The lowest BCUT2D eigenvalue weighted by Gasteiger charge is -2.30. The van der Waals surface area contributed by atoms with Gasteiger partial charge in [-0.3, -0.25) is 14.3 Å². The van der Waals surface area contributed by atoms with Crippen molar-refractivity contribution in [1.29, 1.82) is 0 Å². The van der Waals surface area contributed by atoms with Crippen molar-refractivity contribution in [3.63, 3.8) is 0 Å². The maximum absolute atomic E-state index is 13.4. The second-order valence-electron chi connectivity index (χ2n) is 8.47. The quantitative estimate of drug-likeness (QED) is 0.650. The van der Waals surface area contributed by atoms with Crippen LogP contribution in [0.4, 0.5) is 0 Å². The normalized spacial score (nSPS) is 18.5. The number of aryl methyl sites for hydroxylation is 1. The van der Waals surface area contributed by atoms with E-state index in [1.54, 1.807) is 0 Å². The minimum absolute atomic E-state index is 0.0217. The molecule has 2 aliphatic rings. The second kappa shape index (κ2) is 9.50. The first-order chi connectivity index (χ1) is 15.1. The first-order valence-corrected chi connectivity index (χ1v) is 11.5. The van der Waals surface area contributed by atoms with Crippen molar-refractivity contribution >= 4 is 11.8 Å². The minimum Gasteiger partial charge on any atom is -0.338 e.